The topological polar surface area (TPSA) is 28.2 Å². The predicted octanol–water partition coefficient (Wildman–Crippen LogP) is 3.66. The molecular weight excluding hydrogens is 254 g/mol. The molecule has 0 aliphatic carbocycles. The van der Waals surface area contributed by atoms with Gasteiger partial charge in [0.05, 0.1) is 5.69 Å². The highest BCUT2D eigenvalue weighted by Crippen LogP contribution is 2.29. The van der Waals surface area contributed by atoms with E-state index in [4.69, 9.17) is 4.98 Å². The zero-order valence-corrected chi connectivity index (χ0v) is 13.3. The number of aromatic nitrogens is 1. The quantitative estimate of drug-likeness (QED) is 0.862. The van der Waals surface area contributed by atoms with Gasteiger partial charge in [-0.1, -0.05) is 20.8 Å². The molecule has 1 aromatic heterocycles. The lowest BCUT2D eigenvalue weighted by molar-refractivity contribution is 0.449. The Morgan fingerprint density at radius 3 is 3.05 bits per heavy atom. The Bertz CT molecular complexity index is 375. The summed E-state index contributed by atoms with van der Waals surface area (Å²) < 4.78 is 0. The summed E-state index contributed by atoms with van der Waals surface area (Å²) >= 11 is 1.81. The second kappa shape index (κ2) is 7.25. The molecule has 108 valence electrons. The van der Waals surface area contributed by atoms with E-state index in [0.29, 0.717) is 12.0 Å². The van der Waals surface area contributed by atoms with Crippen LogP contribution in [0.2, 0.25) is 0 Å². The average molecular weight is 281 g/mol. The lowest BCUT2D eigenvalue weighted by Crippen LogP contribution is -2.39. The summed E-state index contributed by atoms with van der Waals surface area (Å²) in [5.41, 5.74) is 1.20. The molecule has 1 unspecified atom stereocenters. The third-order valence-corrected chi connectivity index (χ3v) is 4.67. The molecule has 0 saturated carbocycles. The molecule has 19 heavy (non-hydrogen) atoms. The minimum absolute atomic E-state index is 0.699. The molecule has 1 N–H and O–H groups in total. The minimum Gasteiger partial charge on any atom is -0.345 e. The van der Waals surface area contributed by atoms with Crippen LogP contribution in [0.25, 0.3) is 0 Å². The summed E-state index contributed by atoms with van der Waals surface area (Å²) in [6.07, 6.45) is 5.26. The Morgan fingerprint density at radius 1 is 1.47 bits per heavy atom. The van der Waals surface area contributed by atoms with Gasteiger partial charge in [-0.3, -0.25) is 0 Å². The van der Waals surface area contributed by atoms with Crippen LogP contribution in [0, 0.1) is 5.92 Å². The molecule has 3 nitrogen and oxygen atoms in total. The third-order valence-electron chi connectivity index (χ3n) is 3.74. The first-order valence-corrected chi connectivity index (χ1v) is 8.50. The highest BCUT2D eigenvalue weighted by atomic mass is 32.1. The monoisotopic (exact) mass is 281 g/mol. The van der Waals surface area contributed by atoms with Crippen LogP contribution in [-0.2, 0) is 6.54 Å². The number of anilines is 1. The second-order valence-corrected chi connectivity index (χ2v) is 6.73. The van der Waals surface area contributed by atoms with Gasteiger partial charge in [0, 0.05) is 24.5 Å². The zero-order chi connectivity index (χ0) is 13.7. The number of hydrogen-bond donors (Lipinski definition) is 1. The Hall–Kier alpha value is -0.610. The molecule has 0 spiro atoms. The molecule has 1 aliphatic rings. The minimum atomic E-state index is 0.699. The number of rotatable bonds is 6. The SMILES string of the molecule is CCC1CCCCN1c1nc(CNCC(C)C)cs1. The van der Waals surface area contributed by atoms with E-state index in [1.54, 1.807) is 0 Å². The van der Waals surface area contributed by atoms with E-state index in [2.05, 4.69) is 36.4 Å². The molecule has 1 aromatic rings. The number of nitrogens with zero attached hydrogens (tertiary/aromatic N) is 2. The van der Waals surface area contributed by atoms with E-state index in [0.717, 1.165) is 13.1 Å². The van der Waals surface area contributed by atoms with Gasteiger partial charge in [0.15, 0.2) is 5.13 Å². The molecule has 0 radical (unpaired) electrons. The molecule has 1 aliphatic heterocycles. The van der Waals surface area contributed by atoms with E-state index in [1.165, 1.54) is 43.1 Å². The highest BCUT2D eigenvalue weighted by molar-refractivity contribution is 7.13. The summed E-state index contributed by atoms with van der Waals surface area (Å²) in [4.78, 5) is 7.34. The molecule has 0 bridgehead atoms. The van der Waals surface area contributed by atoms with Crippen molar-refractivity contribution in [3.8, 4) is 0 Å². The Balaban J connectivity index is 1.91. The standard InChI is InChI=1S/C15H27N3S/c1-4-14-7-5-6-8-18(14)15-17-13(11-19-15)10-16-9-12(2)3/h11-12,14,16H,4-10H2,1-3H3. The molecule has 0 aromatic carbocycles. The lowest BCUT2D eigenvalue weighted by atomic mass is 10.0. The van der Waals surface area contributed by atoms with Crippen molar-refractivity contribution in [1.82, 2.24) is 10.3 Å². The maximum absolute atomic E-state index is 4.81. The smallest absolute Gasteiger partial charge is 0.185 e. The zero-order valence-electron chi connectivity index (χ0n) is 12.5. The van der Waals surface area contributed by atoms with Crippen LogP contribution in [0.15, 0.2) is 5.38 Å². The van der Waals surface area contributed by atoms with E-state index < -0.39 is 0 Å². The normalized spacial score (nSPS) is 20.2. The van der Waals surface area contributed by atoms with Crippen LogP contribution in [-0.4, -0.2) is 24.1 Å². The number of hydrogen-bond acceptors (Lipinski definition) is 4. The van der Waals surface area contributed by atoms with Crippen LogP contribution in [0.5, 0.6) is 0 Å². The molecule has 0 amide bonds. The average Bonchev–Trinajstić information content (AvgIpc) is 2.87. The summed E-state index contributed by atoms with van der Waals surface area (Å²) in [5, 5.41) is 6.91. The molecule has 1 atom stereocenters. The van der Waals surface area contributed by atoms with Gasteiger partial charge in [0.1, 0.15) is 0 Å². The highest BCUT2D eigenvalue weighted by Gasteiger charge is 2.23. The first kappa shape index (κ1) is 14.8. The fraction of sp³-hybridized carbons (Fsp3) is 0.800. The van der Waals surface area contributed by atoms with Crippen molar-refractivity contribution >= 4 is 16.5 Å². The van der Waals surface area contributed by atoms with Crippen molar-refractivity contribution in [2.45, 2.75) is 59.0 Å². The van der Waals surface area contributed by atoms with Crippen LogP contribution >= 0.6 is 11.3 Å². The maximum atomic E-state index is 4.81. The Labute approximate surface area is 121 Å². The fourth-order valence-electron chi connectivity index (χ4n) is 2.68. The van der Waals surface area contributed by atoms with Gasteiger partial charge in [-0.2, -0.15) is 0 Å². The van der Waals surface area contributed by atoms with Gasteiger partial charge < -0.3 is 10.2 Å². The van der Waals surface area contributed by atoms with Crippen LogP contribution < -0.4 is 10.2 Å². The summed E-state index contributed by atoms with van der Waals surface area (Å²) in [6, 6.07) is 0.705. The second-order valence-electron chi connectivity index (χ2n) is 5.90. The molecule has 4 heteroatoms. The molecular formula is C15H27N3S. The van der Waals surface area contributed by atoms with Gasteiger partial charge in [-0.05, 0) is 38.1 Å². The van der Waals surface area contributed by atoms with E-state index in [-0.39, 0.29) is 0 Å². The Morgan fingerprint density at radius 2 is 2.32 bits per heavy atom. The number of thiazole rings is 1. The van der Waals surface area contributed by atoms with Crippen molar-refractivity contribution in [3.63, 3.8) is 0 Å². The van der Waals surface area contributed by atoms with Crippen LogP contribution in [0.4, 0.5) is 5.13 Å². The summed E-state index contributed by atoms with van der Waals surface area (Å²) in [7, 11) is 0. The third kappa shape index (κ3) is 4.18. The van der Waals surface area contributed by atoms with E-state index in [1.807, 2.05) is 11.3 Å². The Kier molecular flexibility index (Phi) is 5.64. The lowest BCUT2D eigenvalue weighted by Gasteiger charge is -2.35. The largest absolute Gasteiger partial charge is 0.345 e. The molecule has 2 rings (SSSR count). The van der Waals surface area contributed by atoms with Crippen molar-refractivity contribution in [2.24, 2.45) is 5.92 Å². The summed E-state index contributed by atoms with van der Waals surface area (Å²) in [5.74, 6) is 0.699. The van der Waals surface area contributed by atoms with Crippen molar-refractivity contribution in [3.05, 3.63) is 11.1 Å². The van der Waals surface area contributed by atoms with Crippen molar-refractivity contribution < 1.29 is 0 Å². The first-order valence-electron chi connectivity index (χ1n) is 7.62. The number of piperidine rings is 1. The van der Waals surface area contributed by atoms with Crippen LogP contribution in [0.3, 0.4) is 0 Å². The van der Waals surface area contributed by atoms with E-state index >= 15 is 0 Å². The maximum Gasteiger partial charge on any atom is 0.185 e. The predicted molar refractivity (Wildman–Crippen MR) is 83.9 cm³/mol. The number of nitrogens with one attached hydrogen (secondary N) is 1. The first-order chi connectivity index (χ1) is 9.20. The van der Waals surface area contributed by atoms with Gasteiger partial charge in [0.25, 0.3) is 0 Å². The van der Waals surface area contributed by atoms with Crippen LogP contribution in [0.1, 0.15) is 52.1 Å². The molecule has 2 heterocycles. The van der Waals surface area contributed by atoms with E-state index in [9.17, 15) is 0 Å². The molecule has 1 saturated heterocycles. The fourth-order valence-corrected chi connectivity index (χ4v) is 3.60. The molecule has 1 fully saturated rings. The van der Waals surface area contributed by atoms with Crippen molar-refractivity contribution in [2.75, 3.05) is 18.0 Å². The van der Waals surface area contributed by atoms with Gasteiger partial charge in [-0.15, -0.1) is 11.3 Å². The van der Waals surface area contributed by atoms with Gasteiger partial charge >= 0.3 is 0 Å². The van der Waals surface area contributed by atoms with Gasteiger partial charge in [0.2, 0.25) is 0 Å². The van der Waals surface area contributed by atoms with Crippen molar-refractivity contribution in [1.29, 1.82) is 0 Å². The summed E-state index contributed by atoms with van der Waals surface area (Å²) in [6.45, 7) is 9.91. The van der Waals surface area contributed by atoms with Gasteiger partial charge in [-0.25, -0.2) is 4.98 Å².